The minimum atomic E-state index is 0.296. The molecule has 0 radical (unpaired) electrons. The number of ether oxygens (including phenoxy) is 2. The Kier molecular flexibility index (Phi) is 6.15. The molecule has 0 aliphatic carbocycles. The van der Waals surface area contributed by atoms with E-state index < -0.39 is 0 Å². The number of hydrogen-bond donors (Lipinski definition) is 1. The number of nitrogens with zero attached hydrogens (tertiary/aromatic N) is 1. The molecule has 1 aliphatic rings. The molecule has 1 N–H and O–H groups in total. The fourth-order valence-corrected chi connectivity index (χ4v) is 2.63. The van der Waals surface area contributed by atoms with Gasteiger partial charge in [-0.15, -0.1) is 0 Å². The Morgan fingerprint density at radius 1 is 1.25 bits per heavy atom. The van der Waals surface area contributed by atoms with Crippen molar-refractivity contribution in [3.05, 3.63) is 24.3 Å². The predicted octanol–water partition coefficient (Wildman–Crippen LogP) is 2.17. The molecule has 0 unspecified atom stereocenters. The van der Waals surface area contributed by atoms with Crippen molar-refractivity contribution in [2.75, 3.05) is 39.5 Å². The molecule has 1 saturated heterocycles. The molecule has 0 amide bonds. The summed E-state index contributed by atoms with van der Waals surface area (Å²) in [5.74, 6) is 2.05. The van der Waals surface area contributed by atoms with Gasteiger partial charge in [0, 0.05) is 19.7 Å². The number of likely N-dealkylation sites (tertiary alicyclic amines) is 1. The molecule has 0 aromatic heterocycles. The number of hydrogen-bond acceptors (Lipinski definition) is 4. The maximum Gasteiger partial charge on any atom is 0.161 e. The molecule has 112 valence electrons. The van der Waals surface area contributed by atoms with Crippen LogP contribution >= 0.6 is 0 Å². The average Bonchev–Trinajstić information content (AvgIpc) is 2.49. The number of aliphatic hydroxyl groups is 1. The minimum absolute atomic E-state index is 0.296. The first kappa shape index (κ1) is 15.1. The van der Waals surface area contributed by atoms with Crippen molar-refractivity contribution in [3.63, 3.8) is 0 Å². The van der Waals surface area contributed by atoms with Crippen LogP contribution < -0.4 is 9.47 Å². The van der Waals surface area contributed by atoms with E-state index in [0.717, 1.165) is 37.6 Å². The molecule has 0 saturated carbocycles. The molecule has 1 aromatic carbocycles. The highest BCUT2D eigenvalue weighted by Gasteiger charge is 2.18. The van der Waals surface area contributed by atoms with E-state index in [-0.39, 0.29) is 0 Å². The van der Waals surface area contributed by atoms with Gasteiger partial charge < -0.3 is 14.6 Å². The lowest BCUT2D eigenvalue weighted by molar-refractivity contribution is 0.107. The quantitative estimate of drug-likeness (QED) is 0.830. The summed E-state index contributed by atoms with van der Waals surface area (Å²) in [6.07, 6.45) is 2.31. The molecule has 4 nitrogen and oxygen atoms in total. The predicted molar refractivity (Wildman–Crippen MR) is 79.4 cm³/mol. The zero-order valence-electron chi connectivity index (χ0n) is 12.3. The number of rotatable bonds is 7. The Balaban J connectivity index is 1.78. The summed E-state index contributed by atoms with van der Waals surface area (Å²) in [6.45, 7) is 6.55. The monoisotopic (exact) mass is 279 g/mol. The third-order valence-electron chi connectivity index (χ3n) is 3.68. The number of para-hydroxylation sites is 2. The molecule has 4 heteroatoms. The van der Waals surface area contributed by atoms with Crippen LogP contribution in [0.25, 0.3) is 0 Å². The van der Waals surface area contributed by atoms with Crippen molar-refractivity contribution in [1.82, 2.24) is 4.90 Å². The number of aliphatic hydroxyl groups excluding tert-OH is 1. The Hall–Kier alpha value is -1.26. The third kappa shape index (κ3) is 4.39. The van der Waals surface area contributed by atoms with Gasteiger partial charge in [0.05, 0.1) is 6.61 Å². The first-order valence-electron chi connectivity index (χ1n) is 7.51. The fraction of sp³-hybridized carbons (Fsp3) is 0.625. The van der Waals surface area contributed by atoms with E-state index in [9.17, 15) is 5.11 Å². The van der Waals surface area contributed by atoms with E-state index in [4.69, 9.17) is 9.47 Å². The first-order chi connectivity index (χ1) is 9.83. The average molecular weight is 279 g/mol. The molecule has 0 bridgehead atoms. The van der Waals surface area contributed by atoms with Crippen molar-refractivity contribution in [3.8, 4) is 11.5 Å². The van der Waals surface area contributed by atoms with Crippen LogP contribution in [0.3, 0.4) is 0 Å². The molecule has 1 atom stereocenters. The molecule has 1 heterocycles. The van der Waals surface area contributed by atoms with Crippen molar-refractivity contribution in [1.29, 1.82) is 0 Å². The number of piperidine rings is 1. The minimum Gasteiger partial charge on any atom is -0.490 e. The summed E-state index contributed by atoms with van der Waals surface area (Å²) in [7, 11) is 0. The largest absolute Gasteiger partial charge is 0.490 e. The molecular formula is C16H25NO3. The van der Waals surface area contributed by atoms with Crippen LogP contribution in [-0.2, 0) is 0 Å². The van der Waals surface area contributed by atoms with Crippen molar-refractivity contribution < 1.29 is 14.6 Å². The molecule has 1 aliphatic heterocycles. The Labute approximate surface area is 121 Å². The topological polar surface area (TPSA) is 41.9 Å². The molecule has 20 heavy (non-hydrogen) atoms. The van der Waals surface area contributed by atoms with Crippen LogP contribution in [0.4, 0.5) is 0 Å². The van der Waals surface area contributed by atoms with Gasteiger partial charge >= 0.3 is 0 Å². The van der Waals surface area contributed by atoms with Gasteiger partial charge in [0.25, 0.3) is 0 Å². The van der Waals surface area contributed by atoms with Gasteiger partial charge in [0.2, 0.25) is 0 Å². The van der Waals surface area contributed by atoms with Crippen LogP contribution in [0.2, 0.25) is 0 Å². The zero-order valence-corrected chi connectivity index (χ0v) is 12.3. The second kappa shape index (κ2) is 8.12. The standard InChI is InChI=1S/C16H25NO3/c1-2-19-15-7-3-4-8-16(15)20-11-10-17-9-5-6-14(12-17)13-18/h3-4,7-8,14,18H,2,5-6,9-13H2,1H3/t14-/m1/s1. The fourth-order valence-electron chi connectivity index (χ4n) is 2.63. The molecule has 1 fully saturated rings. The summed E-state index contributed by atoms with van der Waals surface area (Å²) in [6, 6.07) is 7.79. The lowest BCUT2D eigenvalue weighted by Gasteiger charge is -2.31. The maximum atomic E-state index is 9.23. The van der Waals surface area contributed by atoms with Crippen LogP contribution in [0.15, 0.2) is 24.3 Å². The Bertz CT molecular complexity index is 397. The second-order valence-corrected chi connectivity index (χ2v) is 5.22. The SMILES string of the molecule is CCOc1ccccc1OCCN1CCC[C@@H](CO)C1. The van der Waals surface area contributed by atoms with Crippen molar-refractivity contribution >= 4 is 0 Å². The van der Waals surface area contributed by atoms with Crippen LogP contribution in [-0.4, -0.2) is 49.5 Å². The lowest BCUT2D eigenvalue weighted by Crippen LogP contribution is -2.39. The van der Waals surface area contributed by atoms with Gasteiger partial charge in [-0.1, -0.05) is 12.1 Å². The van der Waals surface area contributed by atoms with Crippen molar-refractivity contribution in [2.45, 2.75) is 19.8 Å². The molecule has 1 aromatic rings. The summed E-state index contributed by atoms with van der Waals surface area (Å²) in [5, 5.41) is 9.23. The lowest BCUT2D eigenvalue weighted by atomic mass is 9.99. The number of benzene rings is 1. The molecular weight excluding hydrogens is 254 g/mol. The summed E-state index contributed by atoms with van der Waals surface area (Å²) in [4.78, 5) is 2.37. The van der Waals surface area contributed by atoms with Crippen LogP contribution in [0.1, 0.15) is 19.8 Å². The van der Waals surface area contributed by atoms with E-state index in [1.54, 1.807) is 0 Å². The van der Waals surface area contributed by atoms with Crippen molar-refractivity contribution in [2.24, 2.45) is 5.92 Å². The summed E-state index contributed by atoms with van der Waals surface area (Å²) < 4.78 is 11.4. The normalized spacial score (nSPS) is 19.8. The van der Waals surface area contributed by atoms with Gasteiger partial charge in [0.15, 0.2) is 11.5 Å². The summed E-state index contributed by atoms with van der Waals surface area (Å²) >= 11 is 0. The van der Waals surface area contributed by atoms with Crippen LogP contribution in [0, 0.1) is 5.92 Å². The van der Waals surface area contributed by atoms with E-state index in [0.29, 0.717) is 25.7 Å². The second-order valence-electron chi connectivity index (χ2n) is 5.22. The Morgan fingerprint density at radius 3 is 2.70 bits per heavy atom. The highest BCUT2D eigenvalue weighted by Crippen LogP contribution is 2.26. The zero-order chi connectivity index (χ0) is 14.2. The first-order valence-corrected chi connectivity index (χ1v) is 7.51. The van der Waals surface area contributed by atoms with Gasteiger partial charge in [-0.25, -0.2) is 0 Å². The van der Waals surface area contributed by atoms with E-state index in [1.807, 2.05) is 31.2 Å². The van der Waals surface area contributed by atoms with Crippen LogP contribution in [0.5, 0.6) is 11.5 Å². The highest BCUT2D eigenvalue weighted by atomic mass is 16.5. The van der Waals surface area contributed by atoms with E-state index >= 15 is 0 Å². The third-order valence-corrected chi connectivity index (χ3v) is 3.68. The molecule has 2 rings (SSSR count). The highest BCUT2D eigenvalue weighted by molar-refractivity contribution is 5.39. The van der Waals surface area contributed by atoms with Gasteiger partial charge in [0.1, 0.15) is 6.61 Å². The van der Waals surface area contributed by atoms with Gasteiger partial charge in [-0.3, -0.25) is 4.90 Å². The van der Waals surface area contributed by atoms with E-state index in [2.05, 4.69) is 4.90 Å². The molecule has 0 spiro atoms. The summed E-state index contributed by atoms with van der Waals surface area (Å²) in [5.41, 5.74) is 0. The smallest absolute Gasteiger partial charge is 0.161 e. The maximum absolute atomic E-state index is 9.23. The Morgan fingerprint density at radius 2 is 2.00 bits per heavy atom. The van der Waals surface area contributed by atoms with Gasteiger partial charge in [-0.2, -0.15) is 0 Å². The van der Waals surface area contributed by atoms with E-state index in [1.165, 1.54) is 6.42 Å². The van der Waals surface area contributed by atoms with Gasteiger partial charge in [-0.05, 0) is 44.4 Å².